The van der Waals surface area contributed by atoms with Crippen molar-refractivity contribution in [3.8, 4) is 0 Å². The number of ketones is 1. The molecular formula is C17H34N2O6. The van der Waals surface area contributed by atoms with Gasteiger partial charge in [-0.1, -0.05) is 13.8 Å². The molecule has 2 N–H and O–H groups in total. The fraction of sp³-hybridized carbons (Fsp3) is 0.882. The highest BCUT2D eigenvalue weighted by molar-refractivity contribution is 5.80. The molecule has 8 heteroatoms. The van der Waals surface area contributed by atoms with Crippen LogP contribution in [0.4, 0.5) is 4.79 Å². The van der Waals surface area contributed by atoms with Crippen molar-refractivity contribution in [1.29, 1.82) is 0 Å². The second-order valence-corrected chi connectivity index (χ2v) is 5.59. The van der Waals surface area contributed by atoms with Crippen LogP contribution >= 0.6 is 0 Å². The number of carbonyl (C=O) groups excluding carboxylic acids is 2. The SMILES string of the molecule is CCOCCOCCNC(=O)NCCOCCOCCC(=O)C(C)C. The maximum Gasteiger partial charge on any atom is 0.314 e. The van der Waals surface area contributed by atoms with E-state index in [0.717, 1.165) is 0 Å². The lowest BCUT2D eigenvalue weighted by atomic mass is 10.1. The standard InChI is InChI=1S/C17H34N2O6/c1-4-22-11-12-24-9-6-18-17(21)19-7-10-25-14-13-23-8-5-16(20)15(2)3/h15H,4-14H2,1-3H3,(H2,18,19,21). The van der Waals surface area contributed by atoms with Gasteiger partial charge in [0.1, 0.15) is 5.78 Å². The molecule has 2 amide bonds. The highest BCUT2D eigenvalue weighted by atomic mass is 16.5. The molecule has 148 valence electrons. The maximum atomic E-state index is 11.5. The molecule has 8 nitrogen and oxygen atoms in total. The Kier molecular flexibility index (Phi) is 16.7. The molecule has 0 aromatic carbocycles. The molecule has 0 aliphatic carbocycles. The predicted octanol–water partition coefficient (Wildman–Crippen LogP) is 0.987. The third kappa shape index (κ3) is 17.4. The molecule has 0 atom stereocenters. The van der Waals surface area contributed by atoms with Crippen LogP contribution in [0.2, 0.25) is 0 Å². The fourth-order valence-electron chi connectivity index (χ4n) is 1.68. The van der Waals surface area contributed by atoms with Crippen LogP contribution in [0.1, 0.15) is 27.2 Å². The van der Waals surface area contributed by atoms with Crippen LogP contribution in [0.5, 0.6) is 0 Å². The summed E-state index contributed by atoms with van der Waals surface area (Å²) in [6.45, 7) is 10.5. The van der Waals surface area contributed by atoms with Gasteiger partial charge >= 0.3 is 6.03 Å². The highest BCUT2D eigenvalue weighted by Gasteiger charge is 2.06. The predicted molar refractivity (Wildman–Crippen MR) is 94.8 cm³/mol. The van der Waals surface area contributed by atoms with E-state index in [4.69, 9.17) is 18.9 Å². The Morgan fingerprint density at radius 2 is 1.24 bits per heavy atom. The van der Waals surface area contributed by atoms with Crippen molar-refractivity contribution >= 4 is 11.8 Å². The molecule has 0 fully saturated rings. The van der Waals surface area contributed by atoms with E-state index in [1.165, 1.54) is 0 Å². The Morgan fingerprint density at radius 1 is 0.760 bits per heavy atom. The average Bonchev–Trinajstić information content (AvgIpc) is 2.59. The number of amides is 2. The molecule has 0 aliphatic rings. The van der Waals surface area contributed by atoms with Gasteiger partial charge in [0.25, 0.3) is 0 Å². The number of carbonyl (C=O) groups is 2. The van der Waals surface area contributed by atoms with Crippen LogP contribution in [0.15, 0.2) is 0 Å². The molecule has 0 spiro atoms. The largest absolute Gasteiger partial charge is 0.379 e. The number of Topliss-reactive ketones (excluding diaryl/α,β-unsaturated/α-hetero) is 1. The van der Waals surface area contributed by atoms with E-state index in [1.54, 1.807) is 0 Å². The van der Waals surface area contributed by atoms with Gasteiger partial charge in [0.05, 0.1) is 46.2 Å². The number of urea groups is 1. The van der Waals surface area contributed by atoms with E-state index in [-0.39, 0.29) is 17.7 Å². The van der Waals surface area contributed by atoms with Gasteiger partial charge < -0.3 is 29.6 Å². The van der Waals surface area contributed by atoms with Gasteiger partial charge in [0, 0.05) is 32.0 Å². The fourth-order valence-corrected chi connectivity index (χ4v) is 1.68. The smallest absolute Gasteiger partial charge is 0.314 e. The summed E-state index contributed by atoms with van der Waals surface area (Å²) in [5.41, 5.74) is 0. The van der Waals surface area contributed by atoms with Gasteiger partial charge in [-0.3, -0.25) is 4.79 Å². The van der Waals surface area contributed by atoms with Crippen LogP contribution in [0.3, 0.4) is 0 Å². The van der Waals surface area contributed by atoms with Crippen molar-refractivity contribution in [2.24, 2.45) is 5.92 Å². The first kappa shape index (κ1) is 23.8. The van der Waals surface area contributed by atoms with E-state index < -0.39 is 0 Å². The average molecular weight is 362 g/mol. The Balaban J connectivity index is 3.23. The number of rotatable bonds is 17. The summed E-state index contributed by atoms with van der Waals surface area (Å²) in [5, 5.41) is 5.37. The lowest BCUT2D eigenvalue weighted by Crippen LogP contribution is -2.39. The van der Waals surface area contributed by atoms with Gasteiger partial charge in [-0.2, -0.15) is 0 Å². The van der Waals surface area contributed by atoms with Gasteiger partial charge in [-0.15, -0.1) is 0 Å². The molecule has 25 heavy (non-hydrogen) atoms. The van der Waals surface area contributed by atoms with Crippen molar-refractivity contribution in [2.45, 2.75) is 27.2 Å². The Morgan fingerprint density at radius 3 is 1.72 bits per heavy atom. The second-order valence-electron chi connectivity index (χ2n) is 5.59. The number of hydrogen-bond donors (Lipinski definition) is 2. The van der Waals surface area contributed by atoms with Gasteiger partial charge in [0.15, 0.2) is 0 Å². The van der Waals surface area contributed by atoms with Crippen LogP contribution in [0.25, 0.3) is 0 Å². The third-order valence-corrected chi connectivity index (χ3v) is 3.15. The molecule has 0 aromatic heterocycles. The van der Waals surface area contributed by atoms with E-state index in [9.17, 15) is 9.59 Å². The summed E-state index contributed by atoms with van der Waals surface area (Å²) in [6, 6.07) is -0.250. The topological polar surface area (TPSA) is 95.1 Å². The first-order valence-corrected chi connectivity index (χ1v) is 8.93. The molecule has 0 rings (SSSR count). The number of nitrogens with one attached hydrogen (secondary N) is 2. The van der Waals surface area contributed by atoms with Crippen molar-refractivity contribution < 1.29 is 28.5 Å². The molecule has 0 bridgehead atoms. The minimum absolute atomic E-state index is 0.0544. The first-order chi connectivity index (χ1) is 12.1. The zero-order chi connectivity index (χ0) is 18.8. The minimum atomic E-state index is -0.250. The summed E-state index contributed by atoms with van der Waals surface area (Å²) in [5.74, 6) is 0.259. The lowest BCUT2D eigenvalue weighted by molar-refractivity contribution is -0.123. The van der Waals surface area contributed by atoms with Gasteiger partial charge in [0.2, 0.25) is 0 Å². The lowest BCUT2D eigenvalue weighted by Gasteiger charge is -2.09. The summed E-state index contributed by atoms with van der Waals surface area (Å²) in [7, 11) is 0. The van der Waals surface area contributed by atoms with E-state index in [0.29, 0.717) is 72.4 Å². The number of hydrogen-bond acceptors (Lipinski definition) is 6. The quantitative estimate of drug-likeness (QED) is 0.375. The Labute approximate surface area is 150 Å². The molecule has 0 saturated carbocycles. The summed E-state index contributed by atoms with van der Waals surface area (Å²) in [6.07, 6.45) is 0.439. The summed E-state index contributed by atoms with van der Waals surface area (Å²) < 4.78 is 21.0. The molecule has 0 aromatic rings. The summed E-state index contributed by atoms with van der Waals surface area (Å²) in [4.78, 5) is 22.8. The third-order valence-electron chi connectivity index (χ3n) is 3.15. The molecule has 0 unspecified atom stereocenters. The van der Waals surface area contributed by atoms with Crippen LogP contribution in [-0.2, 0) is 23.7 Å². The minimum Gasteiger partial charge on any atom is -0.379 e. The first-order valence-electron chi connectivity index (χ1n) is 8.93. The Hall–Kier alpha value is -1.22. The van der Waals surface area contributed by atoms with Crippen molar-refractivity contribution in [2.75, 3.05) is 65.9 Å². The maximum absolute atomic E-state index is 11.5. The zero-order valence-corrected chi connectivity index (χ0v) is 15.8. The highest BCUT2D eigenvalue weighted by Crippen LogP contribution is 1.98. The van der Waals surface area contributed by atoms with Gasteiger partial charge in [-0.25, -0.2) is 4.79 Å². The van der Waals surface area contributed by atoms with Gasteiger partial charge in [-0.05, 0) is 6.92 Å². The van der Waals surface area contributed by atoms with Crippen molar-refractivity contribution in [3.63, 3.8) is 0 Å². The zero-order valence-electron chi connectivity index (χ0n) is 15.8. The van der Waals surface area contributed by atoms with Crippen LogP contribution in [-0.4, -0.2) is 77.8 Å². The van der Waals surface area contributed by atoms with E-state index >= 15 is 0 Å². The molecule has 0 radical (unpaired) electrons. The van der Waals surface area contributed by atoms with E-state index in [1.807, 2.05) is 20.8 Å². The van der Waals surface area contributed by atoms with Crippen molar-refractivity contribution in [3.05, 3.63) is 0 Å². The van der Waals surface area contributed by atoms with Crippen LogP contribution in [0, 0.1) is 5.92 Å². The molecular weight excluding hydrogens is 328 g/mol. The van der Waals surface area contributed by atoms with Crippen LogP contribution < -0.4 is 10.6 Å². The van der Waals surface area contributed by atoms with E-state index in [2.05, 4.69) is 10.6 Å². The molecule has 0 heterocycles. The summed E-state index contributed by atoms with van der Waals surface area (Å²) >= 11 is 0. The second kappa shape index (κ2) is 17.6. The van der Waals surface area contributed by atoms with Crippen molar-refractivity contribution in [1.82, 2.24) is 10.6 Å². The molecule has 0 aliphatic heterocycles. The monoisotopic (exact) mass is 362 g/mol. The number of ether oxygens (including phenoxy) is 4. The Bertz CT molecular complexity index is 339. The normalized spacial score (nSPS) is 10.9. The molecule has 0 saturated heterocycles.